The van der Waals surface area contributed by atoms with Crippen LogP contribution in [0, 0.1) is 5.41 Å². The van der Waals surface area contributed by atoms with E-state index in [0.29, 0.717) is 0 Å². The zero-order chi connectivity index (χ0) is 18.7. The molecule has 0 aliphatic carbocycles. The summed E-state index contributed by atoms with van der Waals surface area (Å²) in [7, 11) is 0. The van der Waals surface area contributed by atoms with Gasteiger partial charge < -0.3 is 19.7 Å². The summed E-state index contributed by atoms with van der Waals surface area (Å²) in [6, 6.07) is 0. The van der Waals surface area contributed by atoms with E-state index < -0.39 is 17.3 Å². The van der Waals surface area contributed by atoms with E-state index in [1.165, 1.54) is 0 Å². The van der Waals surface area contributed by atoms with Crippen molar-refractivity contribution in [2.75, 3.05) is 6.61 Å². The van der Waals surface area contributed by atoms with Crippen molar-refractivity contribution in [1.82, 2.24) is 0 Å². The van der Waals surface area contributed by atoms with E-state index in [4.69, 9.17) is 9.47 Å². The molecule has 0 fully saturated rings. The number of aliphatic hydroxyl groups excluding tert-OH is 1. The van der Waals surface area contributed by atoms with E-state index >= 15 is 0 Å². The smallest absolute Gasteiger partial charge is 0.105 e. The van der Waals surface area contributed by atoms with Crippen LogP contribution in [0.5, 0.6) is 0 Å². The maximum absolute atomic E-state index is 9.98. The molecule has 140 valence electrons. The molecule has 0 aliphatic rings. The topological polar surface area (TPSA) is 58.9 Å². The standard InChI is InChI=1S/C19H40O4/c1-14(2)23-17(5,6)12-11-16(3,4)19(9,10)22-13-15(20)18(7,8)21/h14-15,20-21H,11-13H2,1-10H3. The highest BCUT2D eigenvalue weighted by atomic mass is 16.5. The van der Waals surface area contributed by atoms with Crippen LogP contribution in [-0.2, 0) is 9.47 Å². The molecule has 4 nitrogen and oxygen atoms in total. The third kappa shape index (κ3) is 7.97. The predicted molar refractivity (Wildman–Crippen MR) is 95.7 cm³/mol. The third-order valence-electron chi connectivity index (χ3n) is 4.95. The van der Waals surface area contributed by atoms with Crippen molar-refractivity contribution in [2.45, 2.75) is 111 Å². The minimum absolute atomic E-state index is 0.0933. The van der Waals surface area contributed by atoms with Gasteiger partial charge in [-0.3, -0.25) is 0 Å². The zero-order valence-corrected chi connectivity index (χ0v) is 17.0. The second-order valence-corrected chi connectivity index (χ2v) is 9.30. The Labute approximate surface area is 143 Å². The van der Waals surface area contributed by atoms with Gasteiger partial charge in [0.05, 0.1) is 29.5 Å². The first-order valence-electron chi connectivity index (χ1n) is 8.72. The molecule has 0 amide bonds. The Balaban J connectivity index is 4.71. The average molecular weight is 333 g/mol. The number of hydrogen-bond donors (Lipinski definition) is 2. The van der Waals surface area contributed by atoms with Crippen LogP contribution in [0.2, 0.25) is 0 Å². The maximum Gasteiger partial charge on any atom is 0.105 e. The fourth-order valence-electron chi connectivity index (χ4n) is 2.30. The molecule has 0 saturated heterocycles. The van der Waals surface area contributed by atoms with Gasteiger partial charge in [-0.1, -0.05) is 13.8 Å². The Morgan fingerprint density at radius 3 is 1.74 bits per heavy atom. The second kappa shape index (κ2) is 7.81. The molecule has 2 N–H and O–H groups in total. The lowest BCUT2D eigenvalue weighted by molar-refractivity contribution is -0.159. The second-order valence-electron chi connectivity index (χ2n) is 9.30. The molecule has 0 aromatic heterocycles. The van der Waals surface area contributed by atoms with Crippen molar-refractivity contribution in [3.8, 4) is 0 Å². The van der Waals surface area contributed by atoms with E-state index in [2.05, 4.69) is 41.5 Å². The van der Waals surface area contributed by atoms with Gasteiger partial charge in [0.1, 0.15) is 6.10 Å². The summed E-state index contributed by atoms with van der Waals surface area (Å²) in [5.41, 5.74) is -1.85. The van der Waals surface area contributed by atoms with E-state index in [9.17, 15) is 10.2 Å². The lowest BCUT2D eigenvalue weighted by Crippen LogP contribution is -2.47. The summed E-state index contributed by atoms with van der Waals surface area (Å²) in [4.78, 5) is 0. The van der Waals surface area contributed by atoms with Gasteiger partial charge in [0.2, 0.25) is 0 Å². The SMILES string of the molecule is CC(C)OC(C)(C)CCC(C)(C)C(C)(C)OCC(O)C(C)(C)O. The molecular formula is C19H40O4. The molecule has 1 atom stereocenters. The molecule has 0 saturated carbocycles. The van der Waals surface area contributed by atoms with Gasteiger partial charge in [-0.15, -0.1) is 0 Å². The fourth-order valence-corrected chi connectivity index (χ4v) is 2.30. The van der Waals surface area contributed by atoms with Crippen LogP contribution in [0.1, 0.15) is 82.1 Å². The van der Waals surface area contributed by atoms with Crippen molar-refractivity contribution in [3.05, 3.63) is 0 Å². The third-order valence-corrected chi connectivity index (χ3v) is 4.95. The van der Waals surface area contributed by atoms with Gasteiger partial charge in [0.15, 0.2) is 0 Å². The molecule has 0 radical (unpaired) electrons. The zero-order valence-electron chi connectivity index (χ0n) is 17.0. The summed E-state index contributed by atoms with van der Waals surface area (Å²) in [5.74, 6) is 0. The highest BCUT2D eigenvalue weighted by Gasteiger charge is 2.40. The lowest BCUT2D eigenvalue weighted by atomic mass is 9.72. The van der Waals surface area contributed by atoms with Gasteiger partial charge in [0.25, 0.3) is 0 Å². The Morgan fingerprint density at radius 2 is 1.35 bits per heavy atom. The Hall–Kier alpha value is -0.160. The average Bonchev–Trinajstić information content (AvgIpc) is 2.31. The Morgan fingerprint density at radius 1 is 0.870 bits per heavy atom. The summed E-state index contributed by atoms with van der Waals surface area (Å²) < 4.78 is 12.0. The van der Waals surface area contributed by atoms with Crippen LogP contribution in [0.25, 0.3) is 0 Å². The van der Waals surface area contributed by atoms with Gasteiger partial charge >= 0.3 is 0 Å². The molecule has 4 heteroatoms. The molecule has 23 heavy (non-hydrogen) atoms. The van der Waals surface area contributed by atoms with Crippen LogP contribution in [0.15, 0.2) is 0 Å². The fraction of sp³-hybridized carbons (Fsp3) is 1.00. The van der Waals surface area contributed by atoms with Crippen molar-refractivity contribution in [1.29, 1.82) is 0 Å². The Bertz CT molecular complexity index is 351. The molecular weight excluding hydrogens is 292 g/mol. The molecule has 0 aliphatic heterocycles. The normalized spacial score (nSPS) is 16.0. The monoisotopic (exact) mass is 332 g/mol. The number of rotatable bonds is 10. The highest BCUT2D eigenvalue weighted by Crippen LogP contribution is 2.40. The molecule has 1 unspecified atom stereocenters. The summed E-state index contributed by atoms with van der Waals surface area (Å²) >= 11 is 0. The van der Waals surface area contributed by atoms with Crippen LogP contribution in [0.3, 0.4) is 0 Å². The molecule has 0 spiro atoms. The number of ether oxygens (including phenoxy) is 2. The van der Waals surface area contributed by atoms with Gasteiger partial charge in [-0.25, -0.2) is 0 Å². The van der Waals surface area contributed by atoms with Gasteiger partial charge in [0, 0.05) is 0 Å². The van der Waals surface area contributed by atoms with E-state index in [1.807, 2.05) is 13.8 Å². The first kappa shape index (κ1) is 22.8. The minimum atomic E-state index is -1.16. The van der Waals surface area contributed by atoms with Crippen molar-refractivity contribution in [2.24, 2.45) is 5.41 Å². The molecule has 0 bridgehead atoms. The summed E-state index contributed by atoms with van der Waals surface area (Å²) in [6.07, 6.45) is 1.18. The summed E-state index contributed by atoms with van der Waals surface area (Å²) in [5, 5.41) is 19.8. The van der Waals surface area contributed by atoms with Crippen LogP contribution in [0.4, 0.5) is 0 Å². The van der Waals surface area contributed by atoms with Crippen molar-refractivity contribution in [3.63, 3.8) is 0 Å². The van der Waals surface area contributed by atoms with Gasteiger partial charge in [-0.05, 0) is 73.6 Å². The number of hydrogen-bond acceptors (Lipinski definition) is 4. The quantitative estimate of drug-likeness (QED) is 0.636. The summed E-state index contributed by atoms with van der Waals surface area (Å²) in [6.45, 7) is 20.1. The largest absolute Gasteiger partial charge is 0.388 e. The van der Waals surface area contributed by atoms with Crippen LogP contribution < -0.4 is 0 Å². The minimum Gasteiger partial charge on any atom is -0.388 e. The van der Waals surface area contributed by atoms with Crippen LogP contribution >= 0.6 is 0 Å². The highest BCUT2D eigenvalue weighted by molar-refractivity contribution is 4.90. The first-order chi connectivity index (χ1) is 10.0. The van der Waals surface area contributed by atoms with Crippen LogP contribution in [-0.4, -0.2) is 45.8 Å². The molecule has 0 aromatic rings. The van der Waals surface area contributed by atoms with E-state index in [-0.39, 0.29) is 23.7 Å². The molecule has 0 rings (SSSR count). The molecule has 0 heterocycles. The van der Waals surface area contributed by atoms with Gasteiger partial charge in [-0.2, -0.15) is 0 Å². The van der Waals surface area contributed by atoms with Crippen molar-refractivity contribution < 1.29 is 19.7 Å². The molecule has 0 aromatic carbocycles. The maximum atomic E-state index is 9.98. The van der Waals surface area contributed by atoms with Crippen molar-refractivity contribution >= 4 is 0 Å². The first-order valence-corrected chi connectivity index (χ1v) is 8.72. The lowest BCUT2D eigenvalue weighted by Gasteiger charge is -2.44. The number of aliphatic hydroxyl groups is 2. The van der Waals surface area contributed by atoms with E-state index in [0.717, 1.165) is 12.8 Å². The van der Waals surface area contributed by atoms with E-state index in [1.54, 1.807) is 13.8 Å². The Kier molecular flexibility index (Phi) is 7.76. The predicted octanol–water partition coefficient (Wildman–Crippen LogP) is 3.92.